The van der Waals surface area contributed by atoms with Crippen LogP contribution in [0.25, 0.3) is 0 Å². The van der Waals surface area contributed by atoms with Crippen LogP contribution in [-0.4, -0.2) is 29.9 Å². The number of carbonyl (C=O) groups excluding carboxylic acids is 3. The summed E-state index contributed by atoms with van der Waals surface area (Å²) in [5.74, 6) is -0.233. The van der Waals surface area contributed by atoms with E-state index in [9.17, 15) is 27.6 Å². The van der Waals surface area contributed by atoms with Gasteiger partial charge in [-0.15, -0.1) is 0 Å². The number of halogens is 3. The fraction of sp³-hybridized carbons (Fsp3) is 0.167. The van der Waals surface area contributed by atoms with Crippen molar-refractivity contribution in [1.82, 2.24) is 15.6 Å². The number of aromatic nitrogens is 1. The van der Waals surface area contributed by atoms with Gasteiger partial charge in [0.25, 0.3) is 5.91 Å². The minimum Gasteiger partial charge on any atom is -0.457 e. The van der Waals surface area contributed by atoms with Gasteiger partial charge in [-0.1, -0.05) is 18.2 Å². The smallest absolute Gasteiger partial charge is 0.416 e. The second kappa shape index (κ2) is 11.2. The van der Waals surface area contributed by atoms with Gasteiger partial charge in [-0.05, 0) is 41.5 Å². The standard InChI is InChI=1S/C24H22F3N5O4/c1-29-22(34)20-12-18(8-9-30-20)36-17-6-2-14(3-7-17)13-31-23(35)32-19-11-16(24(25,26)27)5-4-15(19)10-21(28)33/h2-9,11-12H,10,13H2,1H3,(H2,28,33)(H,29,34)(H2,31,32,35). The van der Waals surface area contributed by atoms with E-state index in [-0.39, 0.29) is 35.8 Å². The highest BCUT2D eigenvalue weighted by Crippen LogP contribution is 2.32. The van der Waals surface area contributed by atoms with E-state index in [1.807, 2.05) is 0 Å². The minimum atomic E-state index is -4.62. The van der Waals surface area contributed by atoms with Gasteiger partial charge in [-0.3, -0.25) is 14.6 Å². The van der Waals surface area contributed by atoms with Crippen molar-refractivity contribution in [2.24, 2.45) is 5.73 Å². The summed E-state index contributed by atoms with van der Waals surface area (Å²) in [4.78, 5) is 39.2. The van der Waals surface area contributed by atoms with Gasteiger partial charge in [0.05, 0.1) is 12.0 Å². The molecule has 1 aromatic heterocycles. The molecule has 0 unspecified atom stereocenters. The highest BCUT2D eigenvalue weighted by Gasteiger charge is 2.31. The maximum absolute atomic E-state index is 13.1. The number of nitrogens with one attached hydrogen (secondary N) is 3. The lowest BCUT2D eigenvalue weighted by Crippen LogP contribution is -2.29. The molecule has 0 spiro atoms. The highest BCUT2D eigenvalue weighted by molar-refractivity contribution is 5.92. The number of amides is 4. The first-order valence-electron chi connectivity index (χ1n) is 10.5. The monoisotopic (exact) mass is 501 g/mol. The maximum Gasteiger partial charge on any atom is 0.416 e. The number of urea groups is 1. The zero-order chi connectivity index (χ0) is 26.3. The Morgan fingerprint density at radius 2 is 1.72 bits per heavy atom. The van der Waals surface area contributed by atoms with E-state index in [1.54, 1.807) is 30.3 Å². The van der Waals surface area contributed by atoms with E-state index in [4.69, 9.17) is 10.5 Å². The van der Waals surface area contributed by atoms with Crippen molar-refractivity contribution in [3.63, 3.8) is 0 Å². The molecule has 0 fully saturated rings. The van der Waals surface area contributed by atoms with Gasteiger partial charge in [-0.2, -0.15) is 13.2 Å². The molecule has 0 radical (unpaired) electrons. The summed E-state index contributed by atoms with van der Waals surface area (Å²) < 4.78 is 44.9. The Morgan fingerprint density at radius 1 is 1.00 bits per heavy atom. The summed E-state index contributed by atoms with van der Waals surface area (Å²) in [6, 6.07) is 11.6. The van der Waals surface area contributed by atoms with Crippen LogP contribution in [0.15, 0.2) is 60.8 Å². The number of anilines is 1. The predicted molar refractivity (Wildman–Crippen MR) is 124 cm³/mol. The average Bonchev–Trinajstić information content (AvgIpc) is 2.83. The van der Waals surface area contributed by atoms with Gasteiger partial charge in [0.15, 0.2) is 0 Å². The summed E-state index contributed by atoms with van der Waals surface area (Å²) in [7, 11) is 1.49. The molecule has 0 bridgehead atoms. The van der Waals surface area contributed by atoms with E-state index < -0.39 is 23.7 Å². The first-order valence-corrected chi connectivity index (χ1v) is 10.5. The first-order chi connectivity index (χ1) is 17.0. The zero-order valence-electron chi connectivity index (χ0n) is 19.0. The molecule has 0 saturated heterocycles. The third kappa shape index (κ3) is 7.19. The van der Waals surface area contributed by atoms with Crippen LogP contribution in [0.2, 0.25) is 0 Å². The molecular weight excluding hydrogens is 479 g/mol. The van der Waals surface area contributed by atoms with Crippen molar-refractivity contribution in [2.45, 2.75) is 19.1 Å². The number of hydrogen-bond donors (Lipinski definition) is 4. The second-order valence-electron chi connectivity index (χ2n) is 7.52. The van der Waals surface area contributed by atoms with E-state index in [0.29, 0.717) is 17.1 Å². The van der Waals surface area contributed by atoms with Crippen LogP contribution in [0.4, 0.5) is 23.7 Å². The summed E-state index contributed by atoms with van der Waals surface area (Å²) in [6.45, 7) is 0.0618. The molecule has 0 atom stereocenters. The molecule has 4 amide bonds. The second-order valence-corrected chi connectivity index (χ2v) is 7.52. The quantitative estimate of drug-likeness (QED) is 0.374. The van der Waals surface area contributed by atoms with Crippen LogP contribution in [-0.2, 0) is 23.9 Å². The molecule has 3 aromatic rings. The normalized spacial score (nSPS) is 10.9. The highest BCUT2D eigenvalue weighted by atomic mass is 19.4. The van der Waals surface area contributed by atoms with Crippen molar-refractivity contribution in [3.8, 4) is 11.5 Å². The molecule has 36 heavy (non-hydrogen) atoms. The zero-order valence-corrected chi connectivity index (χ0v) is 19.0. The molecular formula is C24H22F3N5O4. The van der Waals surface area contributed by atoms with Crippen LogP contribution < -0.4 is 26.4 Å². The van der Waals surface area contributed by atoms with Gasteiger partial charge < -0.3 is 26.4 Å². The molecule has 0 aliphatic heterocycles. The first kappa shape index (κ1) is 26.0. The molecule has 3 rings (SSSR count). The Kier molecular flexibility index (Phi) is 8.10. The lowest BCUT2D eigenvalue weighted by Gasteiger charge is -2.15. The van der Waals surface area contributed by atoms with Gasteiger partial charge in [-0.25, -0.2) is 4.79 Å². The van der Waals surface area contributed by atoms with Gasteiger partial charge in [0.2, 0.25) is 5.91 Å². The van der Waals surface area contributed by atoms with Gasteiger partial charge in [0.1, 0.15) is 17.2 Å². The fourth-order valence-corrected chi connectivity index (χ4v) is 3.10. The molecule has 2 aromatic carbocycles. The lowest BCUT2D eigenvalue weighted by atomic mass is 10.1. The number of benzene rings is 2. The van der Waals surface area contributed by atoms with Crippen LogP contribution in [0.5, 0.6) is 11.5 Å². The van der Waals surface area contributed by atoms with Crippen molar-refractivity contribution >= 4 is 23.5 Å². The van der Waals surface area contributed by atoms with E-state index >= 15 is 0 Å². The van der Waals surface area contributed by atoms with E-state index in [2.05, 4.69) is 20.9 Å². The molecule has 9 nitrogen and oxygen atoms in total. The number of nitrogens with zero attached hydrogens (tertiary/aromatic N) is 1. The Labute approximate surface area is 203 Å². The summed E-state index contributed by atoms with van der Waals surface area (Å²) >= 11 is 0. The van der Waals surface area contributed by atoms with Gasteiger partial charge >= 0.3 is 12.2 Å². The Balaban J connectivity index is 1.62. The number of pyridine rings is 1. The molecule has 5 N–H and O–H groups in total. The summed E-state index contributed by atoms with van der Waals surface area (Å²) in [5.41, 5.74) is 5.04. The largest absolute Gasteiger partial charge is 0.457 e. The number of primary amides is 1. The maximum atomic E-state index is 13.1. The Hall–Kier alpha value is -4.61. The van der Waals surface area contributed by atoms with E-state index in [0.717, 1.165) is 18.2 Å². The SMILES string of the molecule is CNC(=O)c1cc(Oc2ccc(CNC(=O)Nc3cc(C(F)(F)F)ccc3CC(N)=O)cc2)ccn1. The Morgan fingerprint density at radius 3 is 2.36 bits per heavy atom. The van der Waals surface area contributed by atoms with Crippen molar-refractivity contribution in [2.75, 3.05) is 12.4 Å². The van der Waals surface area contributed by atoms with Crippen LogP contribution in [0, 0.1) is 0 Å². The molecule has 0 saturated carbocycles. The molecule has 1 heterocycles. The number of carbonyl (C=O) groups is 3. The summed E-state index contributed by atoms with van der Waals surface area (Å²) in [5, 5.41) is 7.35. The van der Waals surface area contributed by atoms with E-state index in [1.165, 1.54) is 19.3 Å². The number of hydrogen-bond acceptors (Lipinski definition) is 5. The fourth-order valence-electron chi connectivity index (χ4n) is 3.10. The molecule has 0 aliphatic carbocycles. The number of ether oxygens (including phenoxy) is 1. The topological polar surface area (TPSA) is 135 Å². The molecule has 12 heteroatoms. The third-order valence-corrected chi connectivity index (χ3v) is 4.85. The van der Waals surface area contributed by atoms with Crippen molar-refractivity contribution in [3.05, 3.63) is 83.2 Å². The molecule has 188 valence electrons. The van der Waals surface area contributed by atoms with Crippen LogP contribution >= 0.6 is 0 Å². The number of alkyl halides is 3. The minimum absolute atomic E-state index is 0.0618. The van der Waals surface area contributed by atoms with Crippen LogP contribution in [0.1, 0.15) is 27.2 Å². The number of rotatable bonds is 8. The van der Waals surface area contributed by atoms with Crippen molar-refractivity contribution in [1.29, 1.82) is 0 Å². The average molecular weight is 501 g/mol. The lowest BCUT2D eigenvalue weighted by molar-refractivity contribution is -0.137. The van der Waals surface area contributed by atoms with Gasteiger partial charge in [0, 0.05) is 31.5 Å². The van der Waals surface area contributed by atoms with Crippen molar-refractivity contribution < 1.29 is 32.3 Å². The molecule has 0 aliphatic rings. The predicted octanol–water partition coefficient (Wildman–Crippen LogP) is 3.60. The third-order valence-electron chi connectivity index (χ3n) is 4.85. The number of nitrogens with two attached hydrogens (primary N) is 1. The van der Waals surface area contributed by atoms with Crippen LogP contribution in [0.3, 0.4) is 0 Å². The Bertz CT molecular complexity index is 1260. The summed E-state index contributed by atoms with van der Waals surface area (Å²) in [6.07, 6.45) is -3.52.